The van der Waals surface area contributed by atoms with Crippen molar-refractivity contribution in [1.82, 2.24) is 9.97 Å². The Labute approximate surface area is 129 Å². The number of fused-ring (bicyclic) bond motifs is 1. The van der Waals surface area contributed by atoms with Gasteiger partial charge in [-0.3, -0.25) is 4.98 Å². The van der Waals surface area contributed by atoms with E-state index in [4.69, 9.17) is 0 Å². The van der Waals surface area contributed by atoms with Crippen LogP contribution in [0.1, 0.15) is 5.56 Å². The second-order valence-electron chi connectivity index (χ2n) is 5.49. The molecule has 0 aliphatic rings. The summed E-state index contributed by atoms with van der Waals surface area (Å²) in [7, 11) is 0. The molecule has 0 saturated heterocycles. The van der Waals surface area contributed by atoms with Gasteiger partial charge in [-0.25, -0.2) is 0 Å². The van der Waals surface area contributed by atoms with Crippen molar-refractivity contribution >= 4 is 10.8 Å². The summed E-state index contributed by atoms with van der Waals surface area (Å²) in [6.45, 7) is 2.13. The Morgan fingerprint density at radius 2 is 1.64 bits per heavy atom. The average Bonchev–Trinajstić information content (AvgIpc) is 2.97. The van der Waals surface area contributed by atoms with E-state index < -0.39 is 0 Å². The maximum atomic E-state index is 4.61. The van der Waals surface area contributed by atoms with Gasteiger partial charge < -0.3 is 4.98 Å². The molecule has 2 aromatic carbocycles. The Bertz CT molecular complexity index is 931. The first kappa shape index (κ1) is 12.8. The van der Waals surface area contributed by atoms with E-state index in [0.29, 0.717) is 0 Å². The van der Waals surface area contributed by atoms with E-state index in [1.807, 2.05) is 12.3 Å². The first-order valence-corrected chi connectivity index (χ1v) is 7.42. The summed E-state index contributed by atoms with van der Waals surface area (Å²) in [5.41, 5.74) is 5.64. The first-order valence-electron chi connectivity index (χ1n) is 7.42. The Morgan fingerprint density at radius 3 is 2.50 bits per heavy atom. The average molecular weight is 284 g/mol. The van der Waals surface area contributed by atoms with Crippen molar-refractivity contribution < 1.29 is 0 Å². The Morgan fingerprint density at radius 1 is 0.864 bits per heavy atom. The minimum absolute atomic E-state index is 1.01. The lowest BCUT2D eigenvalue weighted by atomic mass is 10.1. The number of hydrogen-bond acceptors (Lipinski definition) is 1. The van der Waals surface area contributed by atoms with E-state index in [1.165, 1.54) is 21.9 Å². The zero-order valence-corrected chi connectivity index (χ0v) is 12.4. The smallest absolute Gasteiger partial charge is 0.0945 e. The standard InChI is InChI=1S/C20H16N2/c1-14-13-18(16-8-3-2-4-9-16)22-19(14)20-17-10-6-5-7-15(17)11-12-21-20/h2-13,22H,1H3. The van der Waals surface area contributed by atoms with E-state index in [2.05, 4.69) is 77.6 Å². The lowest BCUT2D eigenvalue weighted by Crippen LogP contribution is -1.88. The minimum Gasteiger partial charge on any atom is -0.353 e. The maximum Gasteiger partial charge on any atom is 0.0945 e. The molecule has 4 rings (SSSR count). The van der Waals surface area contributed by atoms with Gasteiger partial charge in [0.15, 0.2) is 0 Å². The van der Waals surface area contributed by atoms with Crippen molar-refractivity contribution in [2.24, 2.45) is 0 Å². The van der Waals surface area contributed by atoms with Crippen LogP contribution in [0.25, 0.3) is 33.4 Å². The predicted molar refractivity (Wildman–Crippen MR) is 91.7 cm³/mol. The molecule has 2 heterocycles. The molecular weight excluding hydrogens is 268 g/mol. The number of aryl methyl sites for hydroxylation is 1. The second-order valence-corrected chi connectivity index (χ2v) is 5.49. The number of H-pyrrole nitrogens is 1. The molecule has 2 heteroatoms. The highest BCUT2D eigenvalue weighted by atomic mass is 14.8. The van der Waals surface area contributed by atoms with Gasteiger partial charge >= 0.3 is 0 Å². The topological polar surface area (TPSA) is 28.7 Å². The summed E-state index contributed by atoms with van der Waals surface area (Å²) in [4.78, 5) is 8.16. The number of aromatic amines is 1. The van der Waals surface area contributed by atoms with Gasteiger partial charge in [0.1, 0.15) is 0 Å². The van der Waals surface area contributed by atoms with Gasteiger partial charge in [0.05, 0.1) is 11.4 Å². The van der Waals surface area contributed by atoms with Gasteiger partial charge in [-0.05, 0) is 35.6 Å². The van der Waals surface area contributed by atoms with Gasteiger partial charge in [-0.15, -0.1) is 0 Å². The highest BCUT2D eigenvalue weighted by Gasteiger charge is 2.12. The number of nitrogens with one attached hydrogen (secondary N) is 1. The molecule has 1 N–H and O–H groups in total. The van der Waals surface area contributed by atoms with E-state index in [9.17, 15) is 0 Å². The van der Waals surface area contributed by atoms with Crippen molar-refractivity contribution in [2.75, 3.05) is 0 Å². The molecule has 0 aliphatic carbocycles. The summed E-state index contributed by atoms with van der Waals surface area (Å²) < 4.78 is 0. The van der Waals surface area contributed by atoms with Crippen LogP contribution in [0.15, 0.2) is 72.9 Å². The van der Waals surface area contributed by atoms with Crippen LogP contribution in [0, 0.1) is 6.92 Å². The number of pyridine rings is 1. The lowest BCUT2D eigenvalue weighted by Gasteiger charge is -2.05. The Hall–Kier alpha value is -2.87. The van der Waals surface area contributed by atoms with Gasteiger partial charge in [-0.2, -0.15) is 0 Å². The summed E-state index contributed by atoms with van der Waals surface area (Å²) in [6.07, 6.45) is 1.88. The van der Waals surface area contributed by atoms with Gasteiger partial charge in [0.2, 0.25) is 0 Å². The molecule has 0 atom stereocenters. The van der Waals surface area contributed by atoms with Crippen molar-refractivity contribution in [3.8, 4) is 22.6 Å². The second kappa shape index (κ2) is 5.15. The molecule has 0 amide bonds. The summed E-state index contributed by atoms with van der Waals surface area (Å²) in [5.74, 6) is 0. The van der Waals surface area contributed by atoms with E-state index >= 15 is 0 Å². The van der Waals surface area contributed by atoms with Crippen LogP contribution in [0.4, 0.5) is 0 Å². The van der Waals surface area contributed by atoms with Gasteiger partial charge in [0, 0.05) is 17.3 Å². The minimum atomic E-state index is 1.01. The SMILES string of the molecule is Cc1cc(-c2ccccc2)[nH]c1-c1nccc2ccccc12. The molecule has 0 bridgehead atoms. The predicted octanol–water partition coefficient (Wildman–Crippen LogP) is 5.21. The fourth-order valence-corrected chi connectivity index (χ4v) is 2.90. The number of rotatable bonds is 2. The number of aromatic nitrogens is 2. The van der Waals surface area contributed by atoms with Crippen molar-refractivity contribution in [1.29, 1.82) is 0 Å². The van der Waals surface area contributed by atoms with Crippen molar-refractivity contribution in [3.63, 3.8) is 0 Å². The molecule has 0 radical (unpaired) electrons. The number of nitrogens with zero attached hydrogens (tertiary/aromatic N) is 1. The Balaban J connectivity index is 1.91. The molecule has 0 unspecified atom stereocenters. The lowest BCUT2D eigenvalue weighted by molar-refractivity contribution is 1.29. The fourth-order valence-electron chi connectivity index (χ4n) is 2.90. The monoisotopic (exact) mass is 284 g/mol. The first-order chi connectivity index (χ1) is 10.8. The van der Waals surface area contributed by atoms with E-state index in [1.54, 1.807) is 0 Å². The van der Waals surface area contributed by atoms with Crippen LogP contribution in [0.5, 0.6) is 0 Å². The largest absolute Gasteiger partial charge is 0.353 e. The third kappa shape index (κ3) is 2.09. The molecule has 0 aliphatic heterocycles. The fraction of sp³-hybridized carbons (Fsp3) is 0.0500. The molecule has 2 nitrogen and oxygen atoms in total. The molecule has 0 saturated carbocycles. The summed E-state index contributed by atoms with van der Waals surface area (Å²) in [6, 6.07) is 23.0. The van der Waals surface area contributed by atoms with Crippen molar-refractivity contribution in [2.45, 2.75) is 6.92 Å². The van der Waals surface area contributed by atoms with Crippen LogP contribution in [0.2, 0.25) is 0 Å². The molecular formula is C20H16N2. The quantitative estimate of drug-likeness (QED) is 0.538. The molecule has 106 valence electrons. The normalized spacial score (nSPS) is 11.0. The summed E-state index contributed by atoms with van der Waals surface area (Å²) >= 11 is 0. The zero-order valence-electron chi connectivity index (χ0n) is 12.4. The van der Waals surface area contributed by atoms with Crippen LogP contribution in [-0.2, 0) is 0 Å². The molecule has 2 aromatic heterocycles. The molecule has 4 aromatic rings. The molecule has 0 spiro atoms. The van der Waals surface area contributed by atoms with Crippen LogP contribution in [-0.4, -0.2) is 9.97 Å². The highest BCUT2D eigenvalue weighted by Crippen LogP contribution is 2.31. The van der Waals surface area contributed by atoms with E-state index in [-0.39, 0.29) is 0 Å². The van der Waals surface area contributed by atoms with Crippen LogP contribution >= 0.6 is 0 Å². The van der Waals surface area contributed by atoms with Crippen LogP contribution in [0.3, 0.4) is 0 Å². The third-order valence-corrected chi connectivity index (χ3v) is 4.01. The van der Waals surface area contributed by atoms with E-state index in [0.717, 1.165) is 17.1 Å². The number of benzene rings is 2. The Kier molecular flexibility index (Phi) is 3.01. The number of hydrogen-bond donors (Lipinski definition) is 1. The third-order valence-electron chi connectivity index (χ3n) is 4.01. The van der Waals surface area contributed by atoms with Gasteiger partial charge in [-0.1, -0.05) is 54.6 Å². The maximum absolute atomic E-state index is 4.61. The zero-order chi connectivity index (χ0) is 14.9. The van der Waals surface area contributed by atoms with Crippen molar-refractivity contribution in [3.05, 3.63) is 78.5 Å². The highest BCUT2D eigenvalue weighted by molar-refractivity contribution is 5.94. The van der Waals surface area contributed by atoms with Gasteiger partial charge in [0.25, 0.3) is 0 Å². The summed E-state index contributed by atoms with van der Waals surface area (Å²) in [5, 5.41) is 2.39. The molecule has 0 fully saturated rings. The van der Waals surface area contributed by atoms with Crippen LogP contribution < -0.4 is 0 Å². The molecule has 22 heavy (non-hydrogen) atoms.